The predicted molar refractivity (Wildman–Crippen MR) is 133 cm³/mol. The average Bonchev–Trinajstić information content (AvgIpc) is 3.11. The fourth-order valence-corrected chi connectivity index (χ4v) is 6.37. The number of carbonyl (C=O) groups excluding carboxylic acids is 3. The molecule has 11 heteroatoms. The van der Waals surface area contributed by atoms with Crippen molar-refractivity contribution in [2.75, 3.05) is 12.0 Å². The van der Waals surface area contributed by atoms with E-state index in [-0.39, 0.29) is 37.2 Å². The third kappa shape index (κ3) is 4.48. The summed E-state index contributed by atoms with van der Waals surface area (Å²) < 4.78 is 61.0. The lowest BCUT2D eigenvalue weighted by Crippen LogP contribution is -2.63. The van der Waals surface area contributed by atoms with E-state index in [1.54, 1.807) is 18.2 Å². The minimum absolute atomic E-state index is 0.143. The van der Waals surface area contributed by atoms with E-state index in [2.05, 4.69) is 15.9 Å². The molecule has 0 saturated heterocycles. The molecule has 0 heterocycles. The maximum absolute atomic E-state index is 13.8. The van der Waals surface area contributed by atoms with Gasteiger partial charge in [-0.05, 0) is 74.1 Å². The van der Waals surface area contributed by atoms with Crippen molar-refractivity contribution in [3.63, 3.8) is 0 Å². The number of ether oxygens (including phenoxy) is 1. The number of benzene rings is 2. The topological polar surface area (TPSA) is 63.7 Å². The Kier molecular flexibility index (Phi) is 7.05. The number of alkyl halides is 3. The van der Waals surface area contributed by atoms with Gasteiger partial charge in [0.15, 0.2) is 5.78 Å². The number of carbonyl (C=O) groups is 3. The molecule has 2 aromatic carbocycles. The van der Waals surface area contributed by atoms with Crippen molar-refractivity contribution in [1.82, 2.24) is 0 Å². The van der Waals surface area contributed by atoms with Crippen molar-refractivity contribution in [2.24, 2.45) is 0 Å². The average molecular weight is 603 g/mol. The Morgan fingerprint density at radius 2 is 1.70 bits per heavy atom. The number of fused-ring (bicyclic) bond motifs is 2. The van der Waals surface area contributed by atoms with Crippen LogP contribution in [0.15, 0.2) is 40.9 Å². The molecule has 1 fully saturated rings. The Labute approximate surface area is 223 Å². The number of halogens is 6. The van der Waals surface area contributed by atoms with Gasteiger partial charge in [-0.1, -0.05) is 39.7 Å². The Balaban J connectivity index is 1.83. The molecule has 0 atom stereocenters. The quantitative estimate of drug-likeness (QED) is 0.221. The van der Waals surface area contributed by atoms with Crippen molar-refractivity contribution in [2.45, 2.75) is 49.7 Å². The predicted octanol–water partition coefficient (Wildman–Crippen LogP) is 6.75. The van der Waals surface area contributed by atoms with E-state index in [0.717, 1.165) is 40.9 Å². The normalized spacial score (nSPS) is 22.9. The zero-order valence-electron chi connectivity index (χ0n) is 19.7. The summed E-state index contributed by atoms with van der Waals surface area (Å²) in [6, 6.07) is 7.94. The number of allylic oxidation sites excluding steroid dienone is 1. The van der Waals surface area contributed by atoms with Gasteiger partial charge >= 0.3 is 18.1 Å². The molecule has 0 bridgehead atoms. The lowest BCUT2D eigenvalue weighted by atomic mass is 9.64. The Morgan fingerprint density at radius 1 is 1.05 bits per heavy atom. The monoisotopic (exact) mass is 601 g/mol. The van der Waals surface area contributed by atoms with E-state index in [9.17, 15) is 31.9 Å². The van der Waals surface area contributed by atoms with Gasteiger partial charge in [0, 0.05) is 21.1 Å². The van der Waals surface area contributed by atoms with Gasteiger partial charge in [-0.15, -0.1) is 0 Å². The van der Waals surface area contributed by atoms with Crippen molar-refractivity contribution < 1.29 is 36.7 Å². The largest absolute Gasteiger partial charge is 0.471 e. The third-order valence-corrected chi connectivity index (χ3v) is 8.52. The van der Waals surface area contributed by atoms with Crippen LogP contribution in [0.2, 0.25) is 5.02 Å². The summed E-state index contributed by atoms with van der Waals surface area (Å²) in [6.07, 6.45) is -3.56. The minimum Gasteiger partial charge on any atom is -0.467 e. The molecular formula is C26H21BrClF4NO4. The van der Waals surface area contributed by atoms with Gasteiger partial charge in [0.05, 0.1) is 12.1 Å². The molecule has 2 aliphatic carbocycles. The molecule has 37 heavy (non-hydrogen) atoms. The van der Waals surface area contributed by atoms with Gasteiger partial charge in [-0.25, -0.2) is 9.18 Å². The SMILES string of the molecule is COC(=O)C1(N(C(=O)C(F)(F)F)c2ccc(F)c(Cl)c2)CCC2(CC1)C(Br)=Cc1ccc(C(C)=O)cc12. The number of ketones is 1. The molecule has 0 aliphatic heterocycles. The Morgan fingerprint density at radius 3 is 2.24 bits per heavy atom. The Bertz CT molecular complexity index is 1330. The Hall–Kier alpha value is -2.72. The van der Waals surface area contributed by atoms with Gasteiger partial charge < -0.3 is 4.74 Å². The standard InChI is InChI=1S/C26H21BrClF4NO4/c1-14(34)15-3-4-16-12-21(27)24(18(16)11-15)7-9-25(10-8-24,23(36)37-2)33(22(35)26(30,31)32)17-5-6-20(29)19(28)13-17/h3-6,11-13H,7-10H2,1-2H3. The number of rotatable bonds is 4. The number of anilines is 1. The molecule has 196 valence electrons. The number of amides is 1. The number of esters is 1. The highest BCUT2D eigenvalue weighted by Gasteiger charge is 2.59. The van der Waals surface area contributed by atoms with Gasteiger partial charge in [-0.3, -0.25) is 14.5 Å². The molecule has 0 N–H and O–H groups in total. The first kappa shape index (κ1) is 27.3. The van der Waals surface area contributed by atoms with Gasteiger partial charge in [0.1, 0.15) is 11.4 Å². The van der Waals surface area contributed by atoms with Crippen LogP contribution in [-0.2, 0) is 19.7 Å². The molecule has 1 saturated carbocycles. The van der Waals surface area contributed by atoms with Gasteiger partial charge in [0.25, 0.3) is 0 Å². The van der Waals surface area contributed by atoms with Gasteiger partial charge in [-0.2, -0.15) is 13.2 Å². The lowest BCUT2D eigenvalue weighted by molar-refractivity contribution is -0.174. The summed E-state index contributed by atoms with van der Waals surface area (Å²) in [5, 5.41) is -0.503. The van der Waals surface area contributed by atoms with Gasteiger partial charge in [0.2, 0.25) is 0 Å². The molecule has 0 radical (unpaired) electrons. The molecule has 0 unspecified atom stereocenters. The molecule has 5 nitrogen and oxygen atoms in total. The zero-order chi connectivity index (χ0) is 27.3. The van der Waals surface area contributed by atoms with Crippen LogP contribution in [-0.4, -0.2) is 36.5 Å². The van der Waals surface area contributed by atoms with Crippen LogP contribution in [0.25, 0.3) is 6.08 Å². The first-order chi connectivity index (χ1) is 17.3. The van der Waals surface area contributed by atoms with Crippen LogP contribution in [0.3, 0.4) is 0 Å². The van der Waals surface area contributed by atoms with E-state index in [1.165, 1.54) is 6.92 Å². The molecule has 1 spiro atoms. The molecular weight excluding hydrogens is 582 g/mol. The molecule has 1 amide bonds. The fraction of sp³-hybridized carbons (Fsp3) is 0.346. The number of nitrogens with zero attached hydrogens (tertiary/aromatic N) is 1. The highest BCUT2D eigenvalue weighted by Crippen LogP contribution is 2.57. The van der Waals surface area contributed by atoms with Crippen LogP contribution >= 0.6 is 27.5 Å². The molecule has 4 rings (SSSR count). The second-order valence-electron chi connectivity index (χ2n) is 9.19. The summed E-state index contributed by atoms with van der Waals surface area (Å²) >= 11 is 9.43. The number of methoxy groups -OCH3 is 1. The van der Waals surface area contributed by atoms with E-state index in [4.69, 9.17) is 16.3 Å². The molecule has 0 aromatic heterocycles. The number of hydrogen-bond donors (Lipinski definition) is 0. The third-order valence-electron chi connectivity index (χ3n) is 7.25. The van der Waals surface area contributed by atoms with Crippen LogP contribution < -0.4 is 4.90 Å². The summed E-state index contributed by atoms with van der Waals surface area (Å²) in [6.45, 7) is 1.43. The van der Waals surface area contributed by atoms with E-state index < -0.39 is 39.8 Å². The van der Waals surface area contributed by atoms with Crippen LogP contribution in [0.5, 0.6) is 0 Å². The van der Waals surface area contributed by atoms with E-state index in [0.29, 0.717) is 10.5 Å². The lowest BCUT2D eigenvalue weighted by Gasteiger charge is -2.49. The van der Waals surface area contributed by atoms with E-state index in [1.807, 2.05) is 6.08 Å². The summed E-state index contributed by atoms with van der Waals surface area (Å²) in [5.41, 5.74) is -1.00. The van der Waals surface area contributed by atoms with Crippen molar-refractivity contribution in [1.29, 1.82) is 0 Å². The maximum atomic E-state index is 13.8. The minimum atomic E-state index is -5.34. The second kappa shape index (κ2) is 9.54. The van der Waals surface area contributed by atoms with Crippen molar-refractivity contribution in [3.05, 3.63) is 68.4 Å². The summed E-state index contributed by atoms with van der Waals surface area (Å²) in [5.74, 6) is -4.36. The van der Waals surface area contributed by atoms with Crippen LogP contribution in [0.1, 0.15) is 54.1 Å². The van der Waals surface area contributed by atoms with Crippen molar-refractivity contribution in [3.8, 4) is 0 Å². The zero-order valence-corrected chi connectivity index (χ0v) is 22.1. The maximum Gasteiger partial charge on any atom is 0.471 e. The highest BCUT2D eigenvalue weighted by molar-refractivity contribution is 9.11. The van der Waals surface area contributed by atoms with Crippen LogP contribution in [0, 0.1) is 5.82 Å². The van der Waals surface area contributed by atoms with Crippen LogP contribution in [0.4, 0.5) is 23.2 Å². The number of hydrogen-bond acceptors (Lipinski definition) is 4. The number of Topliss-reactive ketones (excluding diaryl/α,β-unsaturated/α-hetero) is 1. The first-order valence-electron chi connectivity index (χ1n) is 11.2. The van der Waals surface area contributed by atoms with Crippen molar-refractivity contribution >= 4 is 57.0 Å². The molecule has 2 aromatic rings. The summed E-state index contributed by atoms with van der Waals surface area (Å²) in [7, 11) is 1.03. The van der Waals surface area contributed by atoms with E-state index >= 15 is 0 Å². The second-order valence-corrected chi connectivity index (χ2v) is 10.5. The fourth-order valence-electron chi connectivity index (χ4n) is 5.34. The smallest absolute Gasteiger partial charge is 0.467 e. The highest BCUT2D eigenvalue weighted by atomic mass is 79.9. The molecule has 2 aliphatic rings. The summed E-state index contributed by atoms with van der Waals surface area (Å²) in [4.78, 5) is 38.3. The first-order valence-corrected chi connectivity index (χ1v) is 12.4.